The molecule has 1 rings (SSSR count). The highest BCUT2D eigenvalue weighted by Gasteiger charge is 2.09. The Labute approximate surface area is 113 Å². The minimum Gasteiger partial charge on any atom is -0.308 e. The first kappa shape index (κ1) is 15.2. The van der Waals surface area contributed by atoms with Crippen LogP contribution in [0, 0.1) is 0 Å². The molecule has 0 heterocycles. The summed E-state index contributed by atoms with van der Waals surface area (Å²) in [6.45, 7) is 11.3. The summed E-state index contributed by atoms with van der Waals surface area (Å²) in [6, 6.07) is 10.1. The van der Waals surface area contributed by atoms with Crippen molar-refractivity contribution < 1.29 is 0 Å². The van der Waals surface area contributed by atoms with Crippen molar-refractivity contribution in [3.05, 3.63) is 35.4 Å². The van der Waals surface area contributed by atoms with E-state index in [1.807, 2.05) is 0 Å². The predicted octanol–water partition coefficient (Wildman–Crippen LogP) is 5.04. The van der Waals surface area contributed by atoms with E-state index in [9.17, 15) is 0 Å². The fourth-order valence-electron chi connectivity index (χ4n) is 2.29. The van der Waals surface area contributed by atoms with Crippen molar-refractivity contribution in [1.82, 2.24) is 5.32 Å². The summed E-state index contributed by atoms with van der Waals surface area (Å²) >= 11 is 0. The van der Waals surface area contributed by atoms with E-state index in [1.54, 1.807) is 0 Å². The molecule has 0 saturated carbocycles. The van der Waals surface area contributed by atoms with E-state index in [2.05, 4.69) is 64.2 Å². The van der Waals surface area contributed by atoms with Crippen LogP contribution in [0.15, 0.2) is 24.3 Å². The smallest absolute Gasteiger partial charge is 0.0294 e. The summed E-state index contributed by atoms with van der Waals surface area (Å²) in [5.74, 6) is 0.616. The van der Waals surface area contributed by atoms with Crippen LogP contribution < -0.4 is 5.32 Å². The SMILES string of the molecule is CCCCC(C)NC(C)c1ccc(C(C)C)cc1. The molecule has 0 fully saturated rings. The predicted molar refractivity (Wildman–Crippen MR) is 81.1 cm³/mol. The number of hydrogen-bond acceptors (Lipinski definition) is 1. The highest BCUT2D eigenvalue weighted by molar-refractivity contribution is 5.26. The minimum atomic E-state index is 0.443. The number of hydrogen-bond donors (Lipinski definition) is 1. The van der Waals surface area contributed by atoms with Gasteiger partial charge in [0.2, 0.25) is 0 Å². The zero-order chi connectivity index (χ0) is 13.5. The molecule has 1 N–H and O–H groups in total. The first-order valence-corrected chi connectivity index (χ1v) is 7.40. The molecule has 2 unspecified atom stereocenters. The Morgan fingerprint density at radius 2 is 1.50 bits per heavy atom. The van der Waals surface area contributed by atoms with Crippen LogP contribution in [0.2, 0.25) is 0 Å². The van der Waals surface area contributed by atoms with E-state index in [0.717, 1.165) is 0 Å². The molecule has 0 bridgehead atoms. The fourth-order valence-corrected chi connectivity index (χ4v) is 2.29. The second kappa shape index (κ2) is 7.58. The largest absolute Gasteiger partial charge is 0.308 e. The molecule has 1 heteroatoms. The molecule has 2 atom stereocenters. The molecule has 1 nitrogen and oxygen atoms in total. The van der Waals surface area contributed by atoms with Crippen molar-refractivity contribution in [2.75, 3.05) is 0 Å². The lowest BCUT2D eigenvalue weighted by Crippen LogP contribution is -2.28. The Morgan fingerprint density at radius 3 is 2.00 bits per heavy atom. The number of unbranched alkanes of at least 4 members (excludes halogenated alkanes) is 1. The summed E-state index contributed by atoms with van der Waals surface area (Å²) in [5, 5.41) is 3.68. The maximum atomic E-state index is 3.68. The van der Waals surface area contributed by atoms with Crippen LogP contribution in [0.25, 0.3) is 0 Å². The molecule has 18 heavy (non-hydrogen) atoms. The van der Waals surface area contributed by atoms with Gasteiger partial charge in [0.1, 0.15) is 0 Å². The first-order chi connectivity index (χ1) is 8.54. The van der Waals surface area contributed by atoms with Crippen LogP contribution in [0.3, 0.4) is 0 Å². The highest BCUT2D eigenvalue weighted by atomic mass is 14.9. The van der Waals surface area contributed by atoms with Crippen LogP contribution in [0.5, 0.6) is 0 Å². The van der Waals surface area contributed by atoms with Crippen molar-refractivity contribution in [2.45, 2.75) is 71.9 Å². The molecule has 0 aliphatic heterocycles. The third-order valence-corrected chi connectivity index (χ3v) is 3.63. The molecule has 0 aliphatic rings. The van der Waals surface area contributed by atoms with Gasteiger partial charge in [-0.2, -0.15) is 0 Å². The molecule has 0 radical (unpaired) electrons. The monoisotopic (exact) mass is 247 g/mol. The second-order valence-corrected chi connectivity index (χ2v) is 5.75. The summed E-state index contributed by atoms with van der Waals surface area (Å²) in [4.78, 5) is 0. The van der Waals surface area contributed by atoms with Gasteiger partial charge in [-0.05, 0) is 37.3 Å². The summed E-state index contributed by atoms with van der Waals surface area (Å²) in [5.41, 5.74) is 2.81. The van der Waals surface area contributed by atoms with E-state index in [-0.39, 0.29) is 0 Å². The molecule has 1 aromatic rings. The van der Waals surface area contributed by atoms with Crippen molar-refractivity contribution in [2.24, 2.45) is 0 Å². The summed E-state index contributed by atoms with van der Waals surface area (Å²) in [6.07, 6.45) is 3.86. The van der Waals surface area contributed by atoms with Gasteiger partial charge < -0.3 is 5.32 Å². The normalized spacial score (nSPS) is 14.8. The number of rotatable bonds is 7. The Bertz CT molecular complexity index is 326. The van der Waals surface area contributed by atoms with Crippen molar-refractivity contribution >= 4 is 0 Å². The van der Waals surface area contributed by atoms with Gasteiger partial charge in [-0.15, -0.1) is 0 Å². The highest BCUT2D eigenvalue weighted by Crippen LogP contribution is 2.19. The van der Waals surface area contributed by atoms with Gasteiger partial charge in [-0.25, -0.2) is 0 Å². The maximum absolute atomic E-state index is 3.68. The van der Waals surface area contributed by atoms with E-state index < -0.39 is 0 Å². The lowest BCUT2D eigenvalue weighted by Gasteiger charge is -2.20. The number of nitrogens with one attached hydrogen (secondary N) is 1. The van der Waals surface area contributed by atoms with E-state index in [0.29, 0.717) is 18.0 Å². The zero-order valence-corrected chi connectivity index (χ0v) is 12.7. The quantitative estimate of drug-likeness (QED) is 0.712. The molecule has 0 aromatic heterocycles. The molecule has 1 aromatic carbocycles. The van der Waals surface area contributed by atoms with Gasteiger partial charge >= 0.3 is 0 Å². The molecule has 0 aliphatic carbocycles. The van der Waals surface area contributed by atoms with Gasteiger partial charge in [-0.3, -0.25) is 0 Å². The van der Waals surface area contributed by atoms with Crippen LogP contribution in [0.1, 0.15) is 77.0 Å². The Kier molecular flexibility index (Phi) is 6.42. The second-order valence-electron chi connectivity index (χ2n) is 5.75. The Hall–Kier alpha value is -0.820. The molecule has 0 saturated heterocycles. The van der Waals surface area contributed by atoms with Crippen LogP contribution in [-0.4, -0.2) is 6.04 Å². The molecule has 0 amide bonds. The van der Waals surface area contributed by atoms with Gasteiger partial charge in [0.25, 0.3) is 0 Å². The van der Waals surface area contributed by atoms with Crippen molar-refractivity contribution in [1.29, 1.82) is 0 Å². The maximum Gasteiger partial charge on any atom is 0.0294 e. The number of benzene rings is 1. The molecule has 102 valence electrons. The topological polar surface area (TPSA) is 12.0 Å². The van der Waals surface area contributed by atoms with E-state index in [1.165, 1.54) is 30.4 Å². The Morgan fingerprint density at radius 1 is 0.944 bits per heavy atom. The Balaban J connectivity index is 2.53. The summed E-state index contributed by atoms with van der Waals surface area (Å²) in [7, 11) is 0. The lowest BCUT2D eigenvalue weighted by molar-refractivity contribution is 0.444. The van der Waals surface area contributed by atoms with Gasteiger partial charge in [0.05, 0.1) is 0 Å². The van der Waals surface area contributed by atoms with Gasteiger partial charge in [0, 0.05) is 12.1 Å². The molecular weight excluding hydrogens is 218 g/mol. The van der Waals surface area contributed by atoms with Crippen molar-refractivity contribution in [3.8, 4) is 0 Å². The van der Waals surface area contributed by atoms with Gasteiger partial charge in [-0.1, -0.05) is 57.9 Å². The average Bonchev–Trinajstić information content (AvgIpc) is 2.36. The standard InChI is InChI=1S/C17H29N/c1-6-7-8-14(4)18-15(5)17-11-9-16(10-12-17)13(2)3/h9-15,18H,6-8H2,1-5H3. The van der Waals surface area contributed by atoms with E-state index in [4.69, 9.17) is 0 Å². The van der Waals surface area contributed by atoms with Crippen molar-refractivity contribution in [3.63, 3.8) is 0 Å². The first-order valence-electron chi connectivity index (χ1n) is 7.40. The van der Waals surface area contributed by atoms with Crippen LogP contribution in [-0.2, 0) is 0 Å². The minimum absolute atomic E-state index is 0.443. The third-order valence-electron chi connectivity index (χ3n) is 3.63. The van der Waals surface area contributed by atoms with Crippen LogP contribution >= 0.6 is 0 Å². The molecule has 0 spiro atoms. The van der Waals surface area contributed by atoms with E-state index >= 15 is 0 Å². The average molecular weight is 247 g/mol. The van der Waals surface area contributed by atoms with Crippen LogP contribution in [0.4, 0.5) is 0 Å². The lowest BCUT2D eigenvalue weighted by atomic mass is 9.99. The third kappa shape index (κ3) is 4.81. The van der Waals surface area contributed by atoms with Gasteiger partial charge in [0.15, 0.2) is 0 Å². The zero-order valence-electron chi connectivity index (χ0n) is 12.7. The fraction of sp³-hybridized carbons (Fsp3) is 0.647. The summed E-state index contributed by atoms with van der Waals surface area (Å²) < 4.78 is 0. The molecular formula is C17H29N.